The van der Waals surface area contributed by atoms with Crippen molar-refractivity contribution in [2.24, 2.45) is 5.92 Å². The van der Waals surface area contributed by atoms with Crippen LogP contribution in [0.1, 0.15) is 110 Å². The first-order valence-corrected chi connectivity index (χ1v) is 14.7. The summed E-state index contributed by atoms with van der Waals surface area (Å²) in [5, 5.41) is 4.93. The van der Waals surface area contributed by atoms with E-state index in [-0.39, 0.29) is 12.2 Å². The molecule has 0 radical (unpaired) electrons. The van der Waals surface area contributed by atoms with Crippen molar-refractivity contribution in [3.05, 3.63) is 17.1 Å². The average molecular weight is 482 g/mol. The van der Waals surface area contributed by atoms with Crippen LogP contribution >= 0.6 is 11.3 Å². The van der Waals surface area contributed by atoms with Gasteiger partial charge in [0.05, 0.1) is 18.1 Å². The molecule has 2 atom stereocenters. The molecule has 190 valence electrons. The molecule has 6 heteroatoms. The van der Waals surface area contributed by atoms with Crippen LogP contribution < -0.4 is 9.88 Å². The van der Waals surface area contributed by atoms with E-state index in [4.69, 9.17) is 9.47 Å². The number of ether oxygens (including phenoxy) is 2. The highest BCUT2D eigenvalue weighted by Gasteiger charge is 2.26. The summed E-state index contributed by atoms with van der Waals surface area (Å²) in [6.07, 6.45) is 22.9. The van der Waals surface area contributed by atoms with Crippen molar-refractivity contribution in [2.75, 3.05) is 19.8 Å². The molecule has 0 spiro atoms. The molecule has 1 amide bonds. The third-order valence-corrected chi connectivity index (χ3v) is 7.34. The zero-order chi connectivity index (χ0) is 23.4. The smallest absolute Gasteiger partial charge is 0.407 e. The van der Waals surface area contributed by atoms with Crippen molar-refractivity contribution in [3.8, 4) is 0 Å². The minimum atomic E-state index is -0.314. The molecule has 1 aliphatic rings. The van der Waals surface area contributed by atoms with Crippen LogP contribution in [0, 0.1) is 5.92 Å². The molecule has 0 bridgehead atoms. The first-order chi connectivity index (χ1) is 16.3. The summed E-state index contributed by atoms with van der Waals surface area (Å²) in [5.74, 6) is 0.638. The Morgan fingerprint density at radius 3 is 2.36 bits per heavy atom. The molecule has 1 aliphatic heterocycles. The van der Waals surface area contributed by atoms with Gasteiger partial charge >= 0.3 is 6.09 Å². The van der Waals surface area contributed by atoms with Crippen LogP contribution in [0.25, 0.3) is 0 Å². The fourth-order valence-corrected chi connectivity index (χ4v) is 5.22. The highest BCUT2D eigenvalue weighted by Crippen LogP contribution is 2.25. The number of aryl methyl sites for hydroxylation is 1. The van der Waals surface area contributed by atoms with Gasteiger partial charge in [0.25, 0.3) is 0 Å². The second-order valence-electron chi connectivity index (χ2n) is 9.73. The van der Waals surface area contributed by atoms with Crippen LogP contribution in [0.2, 0.25) is 0 Å². The van der Waals surface area contributed by atoms with Gasteiger partial charge in [0.15, 0.2) is 6.20 Å². The molecule has 1 fully saturated rings. The van der Waals surface area contributed by atoms with E-state index in [1.165, 1.54) is 83.5 Å². The first-order valence-electron chi connectivity index (χ1n) is 13.7. The summed E-state index contributed by atoms with van der Waals surface area (Å²) in [6, 6.07) is 0. The van der Waals surface area contributed by atoms with E-state index in [0.717, 1.165) is 32.4 Å². The van der Waals surface area contributed by atoms with Crippen LogP contribution in [0.4, 0.5) is 4.79 Å². The van der Waals surface area contributed by atoms with E-state index in [0.29, 0.717) is 19.1 Å². The lowest BCUT2D eigenvalue weighted by molar-refractivity contribution is -0.692. The van der Waals surface area contributed by atoms with Crippen molar-refractivity contribution >= 4 is 17.4 Å². The molecule has 1 aromatic rings. The van der Waals surface area contributed by atoms with Crippen molar-refractivity contribution in [2.45, 2.75) is 122 Å². The standard InChI is InChI=1S/C27H48N2O3S/c1-2-3-4-5-6-7-8-9-10-11-12-13-16-25-21-26(31-22-25)23-32-27(30)28-17-14-15-18-29-19-20-33-24-29/h19-20,24-26H,2-18,21-23H2,1H3/p+1/t25-,26+/m1/s1. The topological polar surface area (TPSA) is 51.4 Å². The van der Waals surface area contributed by atoms with E-state index in [1.54, 1.807) is 11.3 Å². The highest BCUT2D eigenvalue weighted by atomic mass is 32.1. The number of nitrogens with one attached hydrogen (secondary N) is 1. The number of hydrogen-bond donors (Lipinski definition) is 1. The molecule has 0 saturated carbocycles. The molecule has 0 aromatic carbocycles. The number of nitrogens with zero attached hydrogens (tertiary/aromatic N) is 1. The van der Waals surface area contributed by atoms with E-state index in [9.17, 15) is 4.79 Å². The van der Waals surface area contributed by atoms with Crippen LogP contribution in [0.15, 0.2) is 17.1 Å². The van der Waals surface area contributed by atoms with Crippen LogP contribution in [0.3, 0.4) is 0 Å². The zero-order valence-electron chi connectivity index (χ0n) is 21.1. The Morgan fingerprint density at radius 2 is 1.70 bits per heavy atom. The van der Waals surface area contributed by atoms with Crippen LogP contribution in [-0.4, -0.2) is 32.0 Å². The summed E-state index contributed by atoms with van der Waals surface area (Å²) in [5.41, 5.74) is 2.11. The molecule has 5 nitrogen and oxygen atoms in total. The van der Waals surface area contributed by atoms with Gasteiger partial charge in [-0.05, 0) is 25.2 Å². The maximum Gasteiger partial charge on any atom is 0.407 e. The Labute approximate surface area is 206 Å². The molecule has 0 unspecified atom stereocenters. The molecule has 0 aliphatic carbocycles. The quantitative estimate of drug-likeness (QED) is 0.160. The van der Waals surface area contributed by atoms with Gasteiger partial charge in [0, 0.05) is 13.0 Å². The lowest BCUT2D eigenvalue weighted by Gasteiger charge is -2.11. The summed E-state index contributed by atoms with van der Waals surface area (Å²) in [6.45, 7) is 5.15. The summed E-state index contributed by atoms with van der Waals surface area (Å²) < 4.78 is 13.4. The third kappa shape index (κ3) is 14.7. The molecule has 33 heavy (non-hydrogen) atoms. The third-order valence-electron chi connectivity index (χ3n) is 6.67. The number of aromatic nitrogens is 1. The van der Waals surface area contributed by atoms with Gasteiger partial charge in [-0.3, -0.25) is 0 Å². The number of hydrogen-bond acceptors (Lipinski definition) is 4. The number of thiazole rings is 1. The SMILES string of the molecule is CCCCCCCCCCCCCC[C@H]1CO[C@H](COC(=O)NCCCC[n+]2ccsc2)C1. The van der Waals surface area contributed by atoms with Gasteiger partial charge in [-0.1, -0.05) is 95.3 Å². The van der Waals surface area contributed by atoms with Crippen molar-refractivity contribution in [1.29, 1.82) is 0 Å². The van der Waals surface area contributed by atoms with Crippen molar-refractivity contribution in [1.82, 2.24) is 5.32 Å². The lowest BCUT2D eigenvalue weighted by Crippen LogP contribution is -2.31. The molecule has 2 rings (SSSR count). The average Bonchev–Trinajstić information content (AvgIpc) is 3.50. The fraction of sp³-hybridized carbons (Fsp3) is 0.852. The number of unbranched alkanes of at least 4 members (excludes halogenated alkanes) is 12. The summed E-state index contributed by atoms with van der Waals surface area (Å²) in [4.78, 5) is 11.9. The molecular formula is C27H49N2O3S+. The lowest BCUT2D eigenvalue weighted by atomic mass is 9.97. The summed E-state index contributed by atoms with van der Waals surface area (Å²) in [7, 11) is 0. The van der Waals surface area contributed by atoms with Gasteiger partial charge in [0.2, 0.25) is 5.51 Å². The monoisotopic (exact) mass is 481 g/mol. The second-order valence-corrected chi connectivity index (χ2v) is 10.5. The predicted octanol–water partition coefficient (Wildman–Crippen LogP) is 7.04. The Bertz CT molecular complexity index is 582. The number of carbonyl (C=O) groups excluding carboxylic acids is 1. The Balaban J connectivity index is 1.33. The van der Waals surface area contributed by atoms with Gasteiger partial charge in [-0.2, -0.15) is 4.57 Å². The van der Waals surface area contributed by atoms with Gasteiger partial charge in [0.1, 0.15) is 13.2 Å². The normalized spacial score (nSPS) is 18.0. The molecule has 1 N–H and O–H groups in total. The largest absolute Gasteiger partial charge is 0.447 e. The van der Waals surface area contributed by atoms with E-state index in [1.807, 2.05) is 0 Å². The molecule has 1 aromatic heterocycles. The van der Waals surface area contributed by atoms with Gasteiger partial charge < -0.3 is 14.8 Å². The minimum absolute atomic E-state index is 0.0769. The maximum atomic E-state index is 11.9. The van der Waals surface area contributed by atoms with E-state index in [2.05, 4.69) is 33.9 Å². The zero-order valence-corrected chi connectivity index (χ0v) is 21.9. The van der Waals surface area contributed by atoms with Crippen LogP contribution in [-0.2, 0) is 16.0 Å². The van der Waals surface area contributed by atoms with Crippen LogP contribution in [0.5, 0.6) is 0 Å². The highest BCUT2D eigenvalue weighted by molar-refractivity contribution is 7.07. The minimum Gasteiger partial charge on any atom is -0.447 e. The number of alkyl carbamates (subject to hydrolysis) is 1. The van der Waals surface area contributed by atoms with Crippen molar-refractivity contribution in [3.63, 3.8) is 0 Å². The number of amides is 1. The predicted molar refractivity (Wildman–Crippen MR) is 137 cm³/mol. The fourth-order valence-electron chi connectivity index (χ4n) is 4.59. The Morgan fingerprint density at radius 1 is 1.00 bits per heavy atom. The number of rotatable bonds is 20. The van der Waals surface area contributed by atoms with Crippen molar-refractivity contribution < 1.29 is 18.8 Å². The summed E-state index contributed by atoms with van der Waals surface area (Å²) >= 11 is 1.70. The number of carbonyl (C=O) groups is 1. The maximum absolute atomic E-state index is 11.9. The van der Waals surface area contributed by atoms with Gasteiger partial charge in [-0.25, -0.2) is 4.79 Å². The Kier molecular flexibility index (Phi) is 16.3. The molecular weight excluding hydrogens is 432 g/mol. The Hall–Kier alpha value is -1.14. The second kappa shape index (κ2) is 19.2. The molecule has 2 heterocycles. The first kappa shape index (κ1) is 28.1. The van der Waals surface area contributed by atoms with E-state index >= 15 is 0 Å². The van der Waals surface area contributed by atoms with E-state index < -0.39 is 0 Å². The van der Waals surface area contributed by atoms with Gasteiger partial charge in [-0.15, -0.1) is 0 Å². The molecule has 1 saturated heterocycles.